The maximum Gasteiger partial charge on any atom is 0.472 e. The zero-order chi connectivity index (χ0) is 77.4. The highest BCUT2D eigenvalue weighted by molar-refractivity contribution is 7.47. The molecule has 5 atom stereocenters. The van der Waals surface area contributed by atoms with Gasteiger partial charge in [-0.3, -0.25) is 37.3 Å². The summed E-state index contributed by atoms with van der Waals surface area (Å²) < 4.78 is 68.6. The molecule has 0 aromatic carbocycles. The third-order valence-electron chi connectivity index (χ3n) is 17.5. The molecule has 0 rings (SSSR count). The van der Waals surface area contributed by atoms with Gasteiger partial charge in [-0.05, 0) is 109 Å². The van der Waals surface area contributed by atoms with E-state index in [2.05, 4.69) is 131 Å². The van der Waals surface area contributed by atoms with Crippen molar-refractivity contribution >= 4 is 39.5 Å². The van der Waals surface area contributed by atoms with Crippen molar-refractivity contribution in [2.24, 2.45) is 0 Å². The standard InChI is InChI=1S/C87H150O17P2/c1-5-9-13-17-21-25-29-33-36-38-40-42-45-49-53-57-61-65-69-73-86(91)103-82(77-97-84(89)71-67-63-59-55-51-47-32-28-24-20-16-12-8-4)79-101-105(93,94)99-75-81(88)76-100-106(95,96)102-80-83(78-98-85(90)72-68-64-60-56-52-48-44-35-31-27-23-19-15-11-7-3)104-87(92)74-70-66-62-58-54-50-46-43-41-39-37-34-30-26-22-18-14-10-6-2/h9,13,21-22,25-26,33-34,36-37,40-43,49-50,53-54,62,66,81-83,88H,5-8,10-12,14-20,23-24,27-32,35,38-39,44-48,51-52,55-61,63-65,67-80H2,1-4H3,(H,93,94)(H,95,96)/b13-9-,25-21-,26-22-,36-33-,37-34-,42-40-,43-41-,53-49-,54-50-,66-62-/t81-,82+,83+/m0/s1. The van der Waals surface area contributed by atoms with Gasteiger partial charge in [0.25, 0.3) is 0 Å². The number of phosphoric ester groups is 2. The molecule has 610 valence electrons. The summed E-state index contributed by atoms with van der Waals surface area (Å²) in [6, 6.07) is 0. The first-order chi connectivity index (χ1) is 51.7. The van der Waals surface area contributed by atoms with Crippen LogP contribution in [0.3, 0.4) is 0 Å². The molecular formula is C87H150O17P2. The smallest absolute Gasteiger partial charge is 0.462 e. The van der Waals surface area contributed by atoms with Crippen molar-refractivity contribution in [3.8, 4) is 0 Å². The Bertz CT molecular complexity index is 2480. The number of phosphoric acid groups is 2. The van der Waals surface area contributed by atoms with Gasteiger partial charge in [-0.1, -0.05) is 335 Å². The van der Waals surface area contributed by atoms with E-state index in [1.165, 1.54) is 148 Å². The molecule has 0 saturated carbocycles. The quantitative estimate of drug-likeness (QED) is 0.0169. The van der Waals surface area contributed by atoms with Gasteiger partial charge in [0.1, 0.15) is 19.3 Å². The molecule has 2 unspecified atom stereocenters. The number of carbonyl (C=O) groups is 4. The third kappa shape index (κ3) is 77.6. The average Bonchev–Trinajstić information content (AvgIpc) is 0.937. The molecule has 0 bridgehead atoms. The minimum Gasteiger partial charge on any atom is -0.462 e. The number of ether oxygens (including phenoxy) is 4. The minimum atomic E-state index is -5.00. The Morgan fingerprint density at radius 2 is 0.509 bits per heavy atom. The zero-order valence-electron chi connectivity index (χ0n) is 66.8. The third-order valence-corrected chi connectivity index (χ3v) is 19.4. The molecule has 0 aliphatic carbocycles. The molecule has 3 N–H and O–H groups in total. The van der Waals surface area contributed by atoms with E-state index in [1.807, 2.05) is 18.2 Å². The highest BCUT2D eigenvalue weighted by Gasteiger charge is 2.30. The fourth-order valence-corrected chi connectivity index (χ4v) is 12.7. The lowest BCUT2D eigenvalue weighted by Gasteiger charge is -2.21. The topological polar surface area (TPSA) is 237 Å². The van der Waals surface area contributed by atoms with Gasteiger partial charge in [0.05, 0.1) is 26.4 Å². The number of unbranched alkanes of at least 4 members (excludes halogenated alkanes) is 32. The summed E-state index contributed by atoms with van der Waals surface area (Å²) in [6.07, 6.45) is 87.5. The van der Waals surface area contributed by atoms with Crippen molar-refractivity contribution in [1.82, 2.24) is 0 Å². The largest absolute Gasteiger partial charge is 0.472 e. The summed E-state index contributed by atoms with van der Waals surface area (Å²) in [6.45, 7) is 4.66. The number of hydrogen-bond acceptors (Lipinski definition) is 15. The predicted octanol–water partition coefficient (Wildman–Crippen LogP) is 24.7. The van der Waals surface area contributed by atoms with Gasteiger partial charge in [-0.2, -0.15) is 0 Å². The normalized spacial score (nSPS) is 14.4. The monoisotopic (exact) mass is 1530 g/mol. The van der Waals surface area contributed by atoms with Gasteiger partial charge in [-0.25, -0.2) is 9.13 Å². The summed E-state index contributed by atoms with van der Waals surface area (Å²) in [7, 11) is -9.99. The van der Waals surface area contributed by atoms with Crippen molar-refractivity contribution in [1.29, 1.82) is 0 Å². The second-order valence-electron chi connectivity index (χ2n) is 27.7. The molecule has 106 heavy (non-hydrogen) atoms. The molecule has 0 amide bonds. The van der Waals surface area contributed by atoms with E-state index in [0.717, 1.165) is 116 Å². The molecule has 0 fully saturated rings. The molecular weight excluding hydrogens is 1380 g/mol. The SMILES string of the molecule is CC/C=C\C/C=C\C/C=C\C/C=C\C/C=C\CCCCCC(=O)O[C@H](COC(=O)CCCCCCCCCCCCCCC)COP(=O)(O)OC[C@H](O)COP(=O)(O)OC[C@@H](COC(=O)CCCCCCCCCCCCCCCCC)OC(=O)CC/C=C\C/C=C\C/C=C\C/C=C\C/C=C\CCCCC. The lowest BCUT2D eigenvalue weighted by molar-refractivity contribution is -0.161. The van der Waals surface area contributed by atoms with Crippen LogP contribution in [0.15, 0.2) is 122 Å². The molecule has 0 saturated heterocycles. The number of esters is 4. The van der Waals surface area contributed by atoms with Crippen LogP contribution in [0.4, 0.5) is 0 Å². The average molecular weight is 1530 g/mol. The van der Waals surface area contributed by atoms with Crippen LogP contribution in [-0.4, -0.2) is 96.7 Å². The Balaban J connectivity index is 5.45. The lowest BCUT2D eigenvalue weighted by atomic mass is 10.0. The predicted molar refractivity (Wildman–Crippen MR) is 436 cm³/mol. The first kappa shape index (κ1) is 101. The Morgan fingerprint density at radius 3 is 0.830 bits per heavy atom. The second kappa shape index (κ2) is 78.6. The van der Waals surface area contributed by atoms with Gasteiger partial charge in [0.2, 0.25) is 0 Å². The van der Waals surface area contributed by atoms with E-state index in [0.29, 0.717) is 32.1 Å². The molecule has 0 aromatic heterocycles. The van der Waals surface area contributed by atoms with E-state index in [4.69, 9.17) is 37.0 Å². The number of allylic oxidation sites excluding steroid dienone is 20. The summed E-state index contributed by atoms with van der Waals surface area (Å²) in [4.78, 5) is 73.1. The van der Waals surface area contributed by atoms with E-state index >= 15 is 0 Å². The number of rotatable bonds is 78. The van der Waals surface area contributed by atoms with Gasteiger partial charge in [0, 0.05) is 25.7 Å². The Hall–Kier alpha value is -4.54. The second-order valence-corrected chi connectivity index (χ2v) is 30.6. The van der Waals surface area contributed by atoms with E-state index in [-0.39, 0.29) is 25.7 Å². The van der Waals surface area contributed by atoms with Crippen LogP contribution < -0.4 is 0 Å². The lowest BCUT2D eigenvalue weighted by Crippen LogP contribution is -2.30. The highest BCUT2D eigenvalue weighted by atomic mass is 31.2. The molecule has 0 heterocycles. The van der Waals surface area contributed by atoms with Gasteiger partial charge < -0.3 is 33.8 Å². The van der Waals surface area contributed by atoms with Crippen molar-refractivity contribution in [2.75, 3.05) is 39.6 Å². The number of hydrogen-bond donors (Lipinski definition) is 3. The number of carbonyl (C=O) groups excluding carboxylic acids is 4. The fourth-order valence-electron chi connectivity index (χ4n) is 11.1. The van der Waals surface area contributed by atoms with Crippen molar-refractivity contribution in [2.45, 2.75) is 367 Å². The van der Waals surface area contributed by atoms with Crippen LogP contribution >= 0.6 is 15.6 Å². The van der Waals surface area contributed by atoms with Crippen LogP contribution in [0, 0.1) is 0 Å². The number of aliphatic hydroxyl groups excluding tert-OH is 1. The summed E-state index contributed by atoms with van der Waals surface area (Å²) in [5.41, 5.74) is 0. The molecule has 19 heteroatoms. The Morgan fingerprint density at radius 1 is 0.274 bits per heavy atom. The van der Waals surface area contributed by atoms with E-state index < -0.39 is 97.5 Å². The van der Waals surface area contributed by atoms with Crippen molar-refractivity contribution in [3.05, 3.63) is 122 Å². The summed E-state index contributed by atoms with van der Waals surface area (Å²) in [5.74, 6) is -2.29. The molecule has 0 radical (unpaired) electrons. The molecule has 0 spiro atoms. The summed E-state index contributed by atoms with van der Waals surface area (Å²) >= 11 is 0. The molecule has 0 aliphatic heterocycles. The maximum atomic E-state index is 13.1. The van der Waals surface area contributed by atoms with Crippen LogP contribution in [-0.2, 0) is 65.4 Å². The molecule has 0 aliphatic rings. The van der Waals surface area contributed by atoms with Crippen molar-refractivity contribution < 1.29 is 80.2 Å². The first-order valence-electron chi connectivity index (χ1n) is 41.8. The number of aliphatic hydroxyl groups is 1. The minimum absolute atomic E-state index is 0.0284. The highest BCUT2D eigenvalue weighted by Crippen LogP contribution is 2.45. The Kier molecular flexibility index (Phi) is 75.2. The van der Waals surface area contributed by atoms with Gasteiger partial charge >= 0.3 is 39.5 Å². The van der Waals surface area contributed by atoms with Crippen LogP contribution in [0.25, 0.3) is 0 Å². The first-order valence-corrected chi connectivity index (χ1v) is 44.8. The fraction of sp³-hybridized carbons (Fsp3) is 0.724. The zero-order valence-corrected chi connectivity index (χ0v) is 68.6. The van der Waals surface area contributed by atoms with E-state index in [1.54, 1.807) is 0 Å². The summed E-state index contributed by atoms with van der Waals surface area (Å²) in [5, 5.41) is 10.7. The van der Waals surface area contributed by atoms with Crippen LogP contribution in [0.2, 0.25) is 0 Å². The van der Waals surface area contributed by atoms with Gasteiger partial charge in [0.15, 0.2) is 12.2 Å². The van der Waals surface area contributed by atoms with Gasteiger partial charge in [-0.15, -0.1) is 0 Å². The maximum absolute atomic E-state index is 13.1. The van der Waals surface area contributed by atoms with Crippen molar-refractivity contribution in [3.63, 3.8) is 0 Å². The van der Waals surface area contributed by atoms with E-state index in [9.17, 15) is 43.2 Å². The Labute approximate surface area is 644 Å². The van der Waals surface area contributed by atoms with Crippen LogP contribution in [0.5, 0.6) is 0 Å². The van der Waals surface area contributed by atoms with Crippen LogP contribution in [0.1, 0.15) is 349 Å². The molecule has 0 aromatic rings. The molecule has 17 nitrogen and oxygen atoms in total.